The van der Waals surface area contributed by atoms with Gasteiger partial charge in [-0.25, -0.2) is 4.98 Å². The van der Waals surface area contributed by atoms with Gasteiger partial charge in [0.2, 0.25) is 5.82 Å². The maximum atomic E-state index is 11.8. The molecule has 0 bridgehead atoms. The molecule has 2 aromatic rings. The van der Waals surface area contributed by atoms with Gasteiger partial charge < -0.3 is 4.74 Å². The van der Waals surface area contributed by atoms with Crippen molar-refractivity contribution in [2.24, 2.45) is 5.10 Å². The highest BCUT2D eigenvalue weighted by Gasteiger charge is 2.16. The molecule has 1 N–H and O–H groups in total. The van der Waals surface area contributed by atoms with Crippen LogP contribution < -0.4 is 5.43 Å². The molecule has 1 heterocycles. The lowest BCUT2D eigenvalue weighted by molar-refractivity contribution is -0.384. The number of hydrogen-bond donors (Lipinski definition) is 1. The Bertz CT molecular complexity index is 881. The van der Waals surface area contributed by atoms with Crippen molar-refractivity contribution in [1.29, 1.82) is 0 Å². The number of rotatable bonds is 8. The second-order valence-electron chi connectivity index (χ2n) is 5.08. The highest BCUT2D eigenvalue weighted by molar-refractivity contribution is 6.09. The van der Waals surface area contributed by atoms with E-state index in [-0.39, 0.29) is 35.9 Å². The number of benzene rings is 1. The fourth-order valence-corrected chi connectivity index (χ4v) is 2.08. The summed E-state index contributed by atoms with van der Waals surface area (Å²) in [6.45, 7) is 1.82. The quantitative estimate of drug-likeness (QED) is 0.321. The van der Waals surface area contributed by atoms with Gasteiger partial charge in [0.15, 0.2) is 0 Å². The fourth-order valence-electron chi connectivity index (χ4n) is 2.08. The number of carbonyl (C=O) groups is 1. The van der Waals surface area contributed by atoms with Crippen LogP contribution >= 0.6 is 0 Å². The van der Waals surface area contributed by atoms with Crippen LogP contribution in [-0.2, 0) is 9.53 Å². The van der Waals surface area contributed by atoms with Gasteiger partial charge >= 0.3 is 11.7 Å². The van der Waals surface area contributed by atoms with Gasteiger partial charge in [-0.15, -0.1) is 0 Å². The summed E-state index contributed by atoms with van der Waals surface area (Å²) >= 11 is 0. The molecular weight excluding hydrogens is 358 g/mol. The van der Waals surface area contributed by atoms with Crippen LogP contribution in [0.15, 0.2) is 47.7 Å². The first-order valence-electron chi connectivity index (χ1n) is 7.74. The maximum Gasteiger partial charge on any atom is 0.313 e. The molecule has 1 aromatic carbocycles. The first kappa shape index (κ1) is 19.4. The zero-order chi connectivity index (χ0) is 19.8. The van der Waals surface area contributed by atoms with E-state index in [0.29, 0.717) is 5.56 Å². The van der Waals surface area contributed by atoms with Crippen LogP contribution in [0, 0.1) is 20.2 Å². The van der Waals surface area contributed by atoms with E-state index in [0.717, 1.165) is 0 Å². The number of hydrazone groups is 1. The number of nitrogens with one attached hydrogen (secondary N) is 1. The van der Waals surface area contributed by atoms with Crippen molar-refractivity contribution in [2.75, 3.05) is 12.0 Å². The third-order valence-electron chi connectivity index (χ3n) is 3.31. The standard InChI is InChI=1S/C16H15N5O6/c1-2-27-15(22)10-13(11-5-7-12(8-6-11)20(23)24)18-19-16-14(21(25)26)4-3-9-17-16/h3-9H,2,10H2,1H3,(H,17,19)/b18-13+. The number of carbonyl (C=O) groups excluding carboxylic acids is 1. The molecule has 0 aliphatic carbocycles. The highest BCUT2D eigenvalue weighted by atomic mass is 16.6. The number of anilines is 1. The van der Waals surface area contributed by atoms with E-state index in [1.807, 2.05) is 0 Å². The van der Waals surface area contributed by atoms with Crippen molar-refractivity contribution >= 4 is 28.9 Å². The van der Waals surface area contributed by atoms with Crippen LogP contribution in [0.2, 0.25) is 0 Å². The molecule has 0 radical (unpaired) electrons. The van der Waals surface area contributed by atoms with E-state index in [2.05, 4.69) is 15.5 Å². The molecule has 0 saturated heterocycles. The predicted molar refractivity (Wildman–Crippen MR) is 95.4 cm³/mol. The van der Waals surface area contributed by atoms with Crippen molar-refractivity contribution in [3.05, 3.63) is 68.4 Å². The van der Waals surface area contributed by atoms with Gasteiger partial charge in [0.1, 0.15) is 0 Å². The second kappa shape index (κ2) is 8.99. The van der Waals surface area contributed by atoms with Crippen molar-refractivity contribution < 1.29 is 19.4 Å². The summed E-state index contributed by atoms with van der Waals surface area (Å²) in [6, 6.07) is 8.03. The minimum Gasteiger partial charge on any atom is -0.466 e. The van der Waals surface area contributed by atoms with Gasteiger partial charge in [0.05, 0.1) is 28.6 Å². The molecule has 0 aliphatic heterocycles. The topological polar surface area (TPSA) is 150 Å². The number of non-ortho nitro benzene ring substituents is 1. The number of pyridine rings is 1. The van der Waals surface area contributed by atoms with Gasteiger partial charge in [0.25, 0.3) is 5.69 Å². The first-order chi connectivity index (χ1) is 12.9. The lowest BCUT2D eigenvalue weighted by Gasteiger charge is -2.08. The number of aromatic nitrogens is 1. The number of nitro groups is 2. The largest absolute Gasteiger partial charge is 0.466 e. The van der Waals surface area contributed by atoms with Crippen LogP contribution in [0.3, 0.4) is 0 Å². The Hall–Kier alpha value is -3.89. The lowest BCUT2D eigenvalue weighted by Crippen LogP contribution is -2.14. The van der Waals surface area contributed by atoms with E-state index in [1.165, 1.54) is 42.6 Å². The molecular formula is C16H15N5O6. The summed E-state index contributed by atoms with van der Waals surface area (Å²) in [4.78, 5) is 36.3. The minimum atomic E-state index is -0.623. The van der Waals surface area contributed by atoms with Crippen LogP contribution in [0.4, 0.5) is 17.2 Å². The highest BCUT2D eigenvalue weighted by Crippen LogP contribution is 2.21. The molecule has 27 heavy (non-hydrogen) atoms. The number of nitrogens with zero attached hydrogens (tertiary/aromatic N) is 4. The summed E-state index contributed by atoms with van der Waals surface area (Å²) in [6.07, 6.45) is 1.11. The SMILES string of the molecule is CCOC(=O)C/C(=N\Nc1ncccc1[N+](=O)[O-])c1ccc([N+](=O)[O-])cc1. The van der Waals surface area contributed by atoms with Gasteiger partial charge in [0, 0.05) is 24.4 Å². The lowest BCUT2D eigenvalue weighted by atomic mass is 10.1. The zero-order valence-corrected chi connectivity index (χ0v) is 14.2. The molecule has 0 aliphatic rings. The molecule has 140 valence electrons. The zero-order valence-electron chi connectivity index (χ0n) is 14.2. The molecule has 0 unspecified atom stereocenters. The van der Waals surface area contributed by atoms with E-state index >= 15 is 0 Å². The van der Waals surface area contributed by atoms with Crippen LogP contribution in [0.5, 0.6) is 0 Å². The van der Waals surface area contributed by atoms with Crippen molar-refractivity contribution in [3.8, 4) is 0 Å². The third-order valence-corrected chi connectivity index (χ3v) is 3.31. The van der Waals surface area contributed by atoms with Gasteiger partial charge in [-0.05, 0) is 30.7 Å². The van der Waals surface area contributed by atoms with Gasteiger partial charge in [-0.3, -0.25) is 30.4 Å². The Kier molecular flexibility index (Phi) is 6.47. The predicted octanol–water partition coefficient (Wildman–Crippen LogP) is 2.67. The Balaban J connectivity index is 2.34. The Morgan fingerprint density at radius 1 is 1.19 bits per heavy atom. The Labute approximate surface area is 153 Å². The van der Waals surface area contributed by atoms with E-state index in [9.17, 15) is 25.0 Å². The summed E-state index contributed by atoms with van der Waals surface area (Å²) in [5.41, 5.74) is 2.66. The summed E-state index contributed by atoms with van der Waals surface area (Å²) in [5.74, 6) is -0.669. The second-order valence-corrected chi connectivity index (χ2v) is 5.08. The molecule has 0 fully saturated rings. The molecule has 11 heteroatoms. The van der Waals surface area contributed by atoms with Crippen molar-refractivity contribution in [3.63, 3.8) is 0 Å². The van der Waals surface area contributed by atoms with Crippen molar-refractivity contribution in [1.82, 2.24) is 4.98 Å². The molecule has 11 nitrogen and oxygen atoms in total. The molecule has 0 saturated carbocycles. The van der Waals surface area contributed by atoms with Gasteiger partial charge in [-0.2, -0.15) is 5.10 Å². The number of hydrogen-bond acceptors (Lipinski definition) is 9. The Morgan fingerprint density at radius 2 is 1.89 bits per heavy atom. The van der Waals surface area contributed by atoms with Crippen LogP contribution in [0.25, 0.3) is 0 Å². The third kappa shape index (κ3) is 5.29. The summed E-state index contributed by atoms with van der Waals surface area (Å²) in [5, 5.41) is 25.8. The maximum absolute atomic E-state index is 11.8. The molecule has 0 amide bonds. The van der Waals surface area contributed by atoms with Gasteiger partial charge in [-0.1, -0.05) is 0 Å². The fraction of sp³-hybridized carbons (Fsp3) is 0.188. The van der Waals surface area contributed by atoms with E-state index in [1.54, 1.807) is 6.92 Å². The van der Waals surface area contributed by atoms with Crippen LogP contribution in [-0.4, -0.2) is 33.1 Å². The molecule has 2 rings (SSSR count). The normalized spacial score (nSPS) is 10.9. The average Bonchev–Trinajstić information content (AvgIpc) is 2.65. The minimum absolute atomic E-state index is 0.106. The number of ether oxygens (including phenoxy) is 1. The summed E-state index contributed by atoms with van der Waals surface area (Å²) < 4.78 is 4.89. The summed E-state index contributed by atoms with van der Waals surface area (Å²) in [7, 11) is 0. The molecule has 1 aromatic heterocycles. The van der Waals surface area contributed by atoms with E-state index in [4.69, 9.17) is 4.74 Å². The number of esters is 1. The number of nitro benzene ring substituents is 1. The monoisotopic (exact) mass is 373 g/mol. The average molecular weight is 373 g/mol. The first-order valence-corrected chi connectivity index (χ1v) is 7.74. The smallest absolute Gasteiger partial charge is 0.313 e. The Morgan fingerprint density at radius 3 is 2.48 bits per heavy atom. The van der Waals surface area contributed by atoms with Crippen LogP contribution in [0.1, 0.15) is 18.9 Å². The molecule has 0 atom stereocenters. The van der Waals surface area contributed by atoms with E-state index < -0.39 is 15.8 Å². The molecule has 0 spiro atoms. The van der Waals surface area contributed by atoms with Crippen molar-refractivity contribution in [2.45, 2.75) is 13.3 Å².